The Kier molecular flexibility index (Phi) is 2.54. The molecule has 1 aromatic heterocycles. The first-order valence-electron chi connectivity index (χ1n) is 4.92. The maximum Gasteiger partial charge on any atom is 0.0448 e. The number of nitrogens with zero attached hydrogens (tertiary/aromatic N) is 2. The Hall–Kier alpha value is -0.960. The van der Waals surface area contributed by atoms with E-state index >= 15 is 0 Å². The molecular weight excluding hydrogens is 162 g/mol. The largest absolute Gasteiger partial charge is 0.323 e. The highest BCUT2D eigenvalue weighted by molar-refractivity contribution is 4.96. The summed E-state index contributed by atoms with van der Waals surface area (Å²) >= 11 is 0. The Labute approximate surface area is 79.3 Å². The number of piperidine rings is 1. The van der Waals surface area contributed by atoms with Gasteiger partial charge in [0.05, 0.1) is 0 Å². The lowest BCUT2D eigenvalue weighted by Crippen LogP contribution is -2.39. The number of hydrogen-bond donors (Lipinski definition) is 1. The summed E-state index contributed by atoms with van der Waals surface area (Å²) in [5, 5.41) is 0. The molecule has 0 aromatic carbocycles. The molecule has 1 fully saturated rings. The molecule has 2 heterocycles. The zero-order chi connectivity index (χ0) is 9.10. The third kappa shape index (κ3) is 2.25. The fraction of sp³-hybridized carbons (Fsp3) is 0.600. The maximum absolute atomic E-state index is 3.47. The van der Waals surface area contributed by atoms with E-state index in [2.05, 4.69) is 34.4 Å². The van der Waals surface area contributed by atoms with Crippen LogP contribution in [0.1, 0.15) is 12.8 Å². The summed E-state index contributed by atoms with van der Waals surface area (Å²) in [4.78, 5) is 2.38. The van der Waals surface area contributed by atoms with Gasteiger partial charge in [0.1, 0.15) is 0 Å². The summed E-state index contributed by atoms with van der Waals surface area (Å²) in [5.41, 5.74) is 3.47. The standard InChI is InChI=1S/C10H17N3/c1-12-8-4-10(5-9-12)11-13-6-2-3-7-13/h2-3,6-7,10-11H,4-5,8-9H2,1H3. The van der Waals surface area contributed by atoms with Crippen molar-refractivity contribution in [1.82, 2.24) is 9.58 Å². The van der Waals surface area contributed by atoms with Gasteiger partial charge in [0.15, 0.2) is 0 Å². The fourth-order valence-electron chi connectivity index (χ4n) is 1.77. The summed E-state index contributed by atoms with van der Waals surface area (Å²) < 4.78 is 2.05. The van der Waals surface area contributed by atoms with Crippen molar-refractivity contribution < 1.29 is 0 Å². The molecule has 0 unspecified atom stereocenters. The van der Waals surface area contributed by atoms with Crippen LogP contribution in [0, 0.1) is 0 Å². The Bertz CT molecular complexity index is 235. The molecule has 0 amide bonds. The first kappa shape index (κ1) is 8.63. The first-order valence-corrected chi connectivity index (χ1v) is 4.92. The minimum absolute atomic E-state index is 0.642. The minimum Gasteiger partial charge on any atom is -0.323 e. The van der Waals surface area contributed by atoms with Crippen molar-refractivity contribution in [3.05, 3.63) is 24.5 Å². The molecule has 0 saturated carbocycles. The van der Waals surface area contributed by atoms with Crippen LogP contribution >= 0.6 is 0 Å². The van der Waals surface area contributed by atoms with Gasteiger partial charge < -0.3 is 10.3 Å². The molecule has 2 rings (SSSR count). The van der Waals surface area contributed by atoms with Crippen molar-refractivity contribution in [3.63, 3.8) is 0 Å². The predicted molar refractivity (Wildman–Crippen MR) is 54.3 cm³/mol. The van der Waals surface area contributed by atoms with E-state index in [1.54, 1.807) is 0 Å². The second-order valence-corrected chi connectivity index (χ2v) is 3.80. The number of nitrogens with one attached hydrogen (secondary N) is 1. The van der Waals surface area contributed by atoms with E-state index in [0.717, 1.165) is 0 Å². The Morgan fingerprint density at radius 1 is 1.15 bits per heavy atom. The fourth-order valence-corrected chi connectivity index (χ4v) is 1.77. The third-order valence-corrected chi connectivity index (χ3v) is 2.65. The lowest BCUT2D eigenvalue weighted by molar-refractivity contribution is 0.257. The van der Waals surface area contributed by atoms with E-state index in [0.29, 0.717) is 6.04 Å². The normalized spacial score (nSPS) is 20.4. The van der Waals surface area contributed by atoms with Gasteiger partial charge in [-0.25, -0.2) is 0 Å². The van der Waals surface area contributed by atoms with E-state index in [-0.39, 0.29) is 0 Å². The number of rotatable bonds is 2. The summed E-state index contributed by atoms with van der Waals surface area (Å²) in [5.74, 6) is 0. The molecule has 0 radical (unpaired) electrons. The van der Waals surface area contributed by atoms with Crippen LogP contribution in [0.2, 0.25) is 0 Å². The van der Waals surface area contributed by atoms with Gasteiger partial charge in [-0.15, -0.1) is 0 Å². The van der Waals surface area contributed by atoms with E-state index in [1.807, 2.05) is 12.1 Å². The van der Waals surface area contributed by atoms with Crippen LogP contribution in [-0.4, -0.2) is 35.8 Å². The van der Waals surface area contributed by atoms with Crippen molar-refractivity contribution in [2.75, 3.05) is 25.6 Å². The van der Waals surface area contributed by atoms with Crippen molar-refractivity contribution in [1.29, 1.82) is 0 Å². The quantitative estimate of drug-likeness (QED) is 0.734. The Morgan fingerprint density at radius 3 is 2.38 bits per heavy atom. The van der Waals surface area contributed by atoms with Crippen molar-refractivity contribution in [2.24, 2.45) is 0 Å². The first-order chi connectivity index (χ1) is 6.34. The molecule has 0 spiro atoms. The molecular formula is C10H17N3. The highest BCUT2D eigenvalue weighted by atomic mass is 15.4. The van der Waals surface area contributed by atoms with Gasteiger partial charge in [-0.05, 0) is 45.1 Å². The summed E-state index contributed by atoms with van der Waals surface area (Å²) in [6.07, 6.45) is 6.60. The van der Waals surface area contributed by atoms with E-state index in [1.165, 1.54) is 25.9 Å². The van der Waals surface area contributed by atoms with E-state index in [9.17, 15) is 0 Å². The summed E-state index contributed by atoms with van der Waals surface area (Å²) in [7, 11) is 2.19. The van der Waals surface area contributed by atoms with Crippen molar-refractivity contribution >= 4 is 0 Å². The van der Waals surface area contributed by atoms with Gasteiger partial charge >= 0.3 is 0 Å². The van der Waals surface area contributed by atoms with Gasteiger partial charge in [0.25, 0.3) is 0 Å². The predicted octanol–water partition coefficient (Wildman–Crippen LogP) is 1.13. The van der Waals surface area contributed by atoms with Crippen molar-refractivity contribution in [2.45, 2.75) is 18.9 Å². The molecule has 0 aliphatic carbocycles. The topological polar surface area (TPSA) is 20.2 Å². The molecule has 1 saturated heterocycles. The molecule has 72 valence electrons. The summed E-state index contributed by atoms with van der Waals surface area (Å²) in [6.45, 7) is 2.41. The van der Waals surface area contributed by atoms with Crippen LogP contribution in [0.15, 0.2) is 24.5 Å². The average molecular weight is 179 g/mol. The Morgan fingerprint density at radius 2 is 1.77 bits per heavy atom. The van der Waals surface area contributed by atoms with Gasteiger partial charge in [0, 0.05) is 18.4 Å². The van der Waals surface area contributed by atoms with Gasteiger partial charge in [-0.2, -0.15) is 0 Å². The van der Waals surface area contributed by atoms with Crippen LogP contribution in [-0.2, 0) is 0 Å². The number of aromatic nitrogens is 1. The highest BCUT2D eigenvalue weighted by Crippen LogP contribution is 2.09. The van der Waals surface area contributed by atoms with Gasteiger partial charge in [-0.3, -0.25) is 4.68 Å². The van der Waals surface area contributed by atoms with Crippen LogP contribution in [0.3, 0.4) is 0 Å². The van der Waals surface area contributed by atoms with Gasteiger partial charge in [-0.1, -0.05) is 0 Å². The molecule has 13 heavy (non-hydrogen) atoms. The molecule has 1 N–H and O–H groups in total. The van der Waals surface area contributed by atoms with Crippen molar-refractivity contribution in [3.8, 4) is 0 Å². The van der Waals surface area contributed by atoms with Crippen LogP contribution in [0.25, 0.3) is 0 Å². The van der Waals surface area contributed by atoms with E-state index < -0.39 is 0 Å². The lowest BCUT2D eigenvalue weighted by atomic mass is 10.1. The molecule has 3 heteroatoms. The maximum atomic E-state index is 3.47. The molecule has 0 bridgehead atoms. The number of hydrogen-bond acceptors (Lipinski definition) is 2. The second kappa shape index (κ2) is 3.83. The van der Waals surface area contributed by atoms with Crippen LogP contribution in [0.5, 0.6) is 0 Å². The molecule has 1 aromatic rings. The minimum atomic E-state index is 0.642. The zero-order valence-corrected chi connectivity index (χ0v) is 8.11. The third-order valence-electron chi connectivity index (χ3n) is 2.65. The summed E-state index contributed by atoms with van der Waals surface area (Å²) in [6, 6.07) is 4.73. The molecule has 3 nitrogen and oxygen atoms in total. The lowest BCUT2D eigenvalue weighted by Gasteiger charge is -2.30. The smallest absolute Gasteiger partial charge is 0.0448 e. The van der Waals surface area contributed by atoms with Crippen LogP contribution in [0.4, 0.5) is 0 Å². The average Bonchev–Trinajstić information content (AvgIpc) is 2.62. The highest BCUT2D eigenvalue weighted by Gasteiger charge is 2.15. The molecule has 1 aliphatic rings. The molecule has 1 aliphatic heterocycles. The number of likely N-dealkylation sites (tertiary alicyclic amines) is 1. The SMILES string of the molecule is CN1CCC(Nn2cccc2)CC1. The van der Waals surface area contributed by atoms with Crippen LogP contribution < -0.4 is 5.43 Å². The Balaban J connectivity index is 1.83. The van der Waals surface area contributed by atoms with E-state index in [4.69, 9.17) is 0 Å². The monoisotopic (exact) mass is 179 g/mol. The second-order valence-electron chi connectivity index (χ2n) is 3.80. The van der Waals surface area contributed by atoms with Gasteiger partial charge in [0.2, 0.25) is 0 Å². The zero-order valence-electron chi connectivity index (χ0n) is 8.11. The molecule has 0 atom stereocenters.